The lowest BCUT2D eigenvalue weighted by atomic mass is 10.3. The fraction of sp³-hybridized carbons (Fsp3) is 0.200. The summed E-state index contributed by atoms with van der Waals surface area (Å²) < 4.78 is 42.8. The Balaban J connectivity index is 2.40. The average Bonchev–Trinajstić information content (AvgIpc) is 2.54. The molecule has 124 valence electrons. The number of benzene rings is 2. The molecule has 0 aliphatic rings. The van der Waals surface area contributed by atoms with Crippen LogP contribution >= 0.6 is 11.6 Å². The van der Waals surface area contributed by atoms with Crippen LogP contribution in [0, 0.1) is 0 Å². The van der Waals surface area contributed by atoms with Crippen LogP contribution in [0.2, 0.25) is 5.02 Å². The van der Waals surface area contributed by atoms with E-state index in [4.69, 9.17) is 25.8 Å². The third-order valence-corrected chi connectivity index (χ3v) is 4.74. The van der Waals surface area contributed by atoms with E-state index >= 15 is 0 Å². The summed E-state index contributed by atoms with van der Waals surface area (Å²) in [5.41, 5.74) is 0.263. The first kappa shape index (κ1) is 17.2. The summed E-state index contributed by atoms with van der Waals surface area (Å²) in [7, 11) is 0.547. The first-order valence-corrected chi connectivity index (χ1v) is 8.35. The number of nitrogens with one attached hydrogen (secondary N) is 1. The van der Waals surface area contributed by atoms with Gasteiger partial charge in [0.25, 0.3) is 10.0 Å². The fourth-order valence-electron chi connectivity index (χ4n) is 1.91. The Morgan fingerprint density at radius 3 is 2.13 bits per heavy atom. The lowest BCUT2D eigenvalue weighted by Gasteiger charge is -2.13. The third kappa shape index (κ3) is 3.80. The summed E-state index contributed by atoms with van der Waals surface area (Å²) in [4.78, 5) is 0.00757. The summed E-state index contributed by atoms with van der Waals surface area (Å²) in [6.45, 7) is 0. The second-order valence-electron chi connectivity index (χ2n) is 4.47. The highest BCUT2D eigenvalue weighted by Crippen LogP contribution is 2.32. The van der Waals surface area contributed by atoms with Gasteiger partial charge in [-0.15, -0.1) is 0 Å². The molecule has 1 N–H and O–H groups in total. The van der Waals surface area contributed by atoms with Gasteiger partial charge in [0.05, 0.1) is 36.9 Å². The van der Waals surface area contributed by atoms with Crippen LogP contribution in [0.5, 0.6) is 17.2 Å². The van der Waals surface area contributed by atoms with Crippen molar-refractivity contribution in [3.63, 3.8) is 0 Å². The van der Waals surface area contributed by atoms with Crippen LogP contribution in [0.25, 0.3) is 0 Å². The van der Waals surface area contributed by atoms with E-state index in [1.165, 1.54) is 45.6 Å². The van der Waals surface area contributed by atoms with Gasteiger partial charge in [-0.3, -0.25) is 4.72 Å². The topological polar surface area (TPSA) is 73.9 Å². The summed E-state index contributed by atoms with van der Waals surface area (Å²) in [6.07, 6.45) is 0. The zero-order valence-corrected chi connectivity index (χ0v) is 14.4. The van der Waals surface area contributed by atoms with Crippen molar-refractivity contribution in [2.45, 2.75) is 4.90 Å². The highest BCUT2D eigenvalue weighted by Gasteiger charge is 2.18. The van der Waals surface area contributed by atoms with E-state index in [-0.39, 0.29) is 15.6 Å². The molecule has 23 heavy (non-hydrogen) atoms. The van der Waals surface area contributed by atoms with Gasteiger partial charge >= 0.3 is 0 Å². The molecule has 8 heteroatoms. The highest BCUT2D eigenvalue weighted by atomic mass is 35.5. The van der Waals surface area contributed by atoms with Crippen LogP contribution in [-0.4, -0.2) is 29.7 Å². The number of ether oxygens (including phenoxy) is 3. The molecule has 0 radical (unpaired) electrons. The monoisotopic (exact) mass is 357 g/mol. The maximum absolute atomic E-state index is 12.5. The summed E-state index contributed by atoms with van der Waals surface area (Å²) in [6, 6.07) is 9.01. The smallest absolute Gasteiger partial charge is 0.262 e. The van der Waals surface area contributed by atoms with Crippen molar-refractivity contribution in [3.05, 3.63) is 41.4 Å². The Kier molecular flexibility index (Phi) is 5.23. The average molecular weight is 358 g/mol. The van der Waals surface area contributed by atoms with Gasteiger partial charge in [0.2, 0.25) is 0 Å². The summed E-state index contributed by atoms with van der Waals surface area (Å²) in [5.74, 6) is 1.26. The quantitative estimate of drug-likeness (QED) is 0.859. The predicted octanol–water partition coefficient (Wildman–Crippen LogP) is 3.17. The van der Waals surface area contributed by atoms with Gasteiger partial charge < -0.3 is 14.2 Å². The molecule has 0 aliphatic heterocycles. The van der Waals surface area contributed by atoms with Gasteiger partial charge in [0.1, 0.15) is 17.2 Å². The largest absolute Gasteiger partial charge is 0.497 e. The summed E-state index contributed by atoms with van der Waals surface area (Å²) in [5, 5.41) is 0.202. The molecule has 6 nitrogen and oxygen atoms in total. The standard InChI is InChI=1S/C15H16ClNO5S/c1-20-10-4-6-15(22-3)13(8-10)17-23(18,19)11-5-7-14(21-2)12(16)9-11/h4-9,17H,1-3H3. The zero-order valence-electron chi connectivity index (χ0n) is 12.8. The molecular weight excluding hydrogens is 342 g/mol. The Bertz CT molecular complexity index is 808. The number of methoxy groups -OCH3 is 3. The van der Waals surface area contributed by atoms with Crippen molar-refractivity contribution in [2.24, 2.45) is 0 Å². The van der Waals surface area contributed by atoms with Crippen LogP contribution < -0.4 is 18.9 Å². The van der Waals surface area contributed by atoms with Crippen LogP contribution in [0.4, 0.5) is 5.69 Å². The second-order valence-corrected chi connectivity index (χ2v) is 6.56. The third-order valence-electron chi connectivity index (χ3n) is 3.08. The minimum Gasteiger partial charge on any atom is -0.497 e. The number of anilines is 1. The number of sulfonamides is 1. The van der Waals surface area contributed by atoms with Crippen molar-refractivity contribution in [1.29, 1.82) is 0 Å². The van der Waals surface area contributed by atoms with Crippen LogP contribution in [-0.2, 0) is 10.0 Å². The number of halogens is 1. The minimum atomic E-state index is -3.84. The molecule has 0 saturated carbocycles. The first-order chi connectivity index (χ1) is 10.9. The predicted molar refractivity (Wildman–Crippen MR) is 88.4 cm³/mol. The van der Waals surface area contributed by atoms with Crippen molar-refractivity contribution >= 4 is 27.3 Å². The molecule has 0 heterocycles. The molecule has 0 aliphatic carbocycles. The second kappa shape index (κ2) is 6.97. The Morgan fingerprint density at radius 1 is 0.913 bits per heavy atom. The lowest BCUT2D eigenvalue weighted by Crippen LogP contribution is -2.13. The van der Waals surface area contributed by atoms with Crippen molar-refractivity contribution in [2.75, 3.05) is 26.1 Å². The van der Waals surface area contributed by atoms with Gasteiger partial charge in [-0.2, -0.15) is 0 Å². The van der Waals surface area contributed by atoms with E-state index in [0.29, 0.717) is 17.2 Å². The van der Waals surface area contributed by atoms with E-state index in [2.05, 4.69) is 4.72 Å². The number of rotatable bonds is 6. The molecule has 0 amide bonds. The molecule has 2 aromatic carbocycles. The number of hydrogen-bond donors (Lipinski definition) is 1. The molecule has 0 unspecified atom stereocenters. The van der Waals surface area contributed by atoms with Crippen LogP contribution in [0.3, 0.4) is 0 Å². The van der Waals surface area contributed by atoms with Crippen LogP contribution in [0.1, 0.15) is 0 Å². The highest BCUT2D eigenvalue weighted by molar-refractivity contribution is 7.92. The molecule has 0 atom stereocenters. The van der Waals surface area contributed by atoms with E-state index < -0.39 is 10.0 Å². The molecule has 0 spiro atoms. The zero-order chi connectivity index (χ0) is 17.0. The fourth-order valence-corrected chi connectivity index (χ4v) is 3.32. The maximum Gasteiger partial charge on any atom is 0.262 e. The Morgan fingerprint density at radius 2 is 1.57 bits per heavy atom. The number of hydrogen-bond acceptors (Lipinski definition) is 5. The van der Waals surface area contributed by atoms with E-state index in [9.17, 15) is 8.42 Å². The molecule has 2 rings (SSSR count). The normalized spacial score (nSPS) is 11.0. The summed E-state index contributed by atoms with van der Waals surface area (Å²) >= 11 is 5.98. The van der Waals surface area contributed by atoms with Crippen molar-refractivity contribution < 1.29 is 22.6 Å². The van der Waals surface area contributed by atoms with E-state index in [0.717, 1.165) is 0 Å². The minimum absolute atomic E-state index is 0.00757. The molecular formula is C15H16ClNO5S. The first-order valence-electron chi connectivity index (χ1n) is 6.49. The van der Waals surface area contributed by atoms with Crippen molar-refractivity contribution in [1.82, 2.24) is 0 Å². The maximum atomic E-state index is 12.5. The molecule has 0 fully saturated rings. The van der Waals surface area contributed by atoms with Gasteiger partial charge in [-0.25, -0.2) is 8.42 Å². The SMILES string of the molecule is COc1ccc(OC)c(NS(=O)(=O)c2ccc(OC)c(Cl)c2)c1. The van der Waals surface area contributed by atoms with Crippen LogP contribution in [0.15, 0.2) is 41.3 Å². The van der Waals surface area contributed by atoms with Gasteiger partial charge in [-0.05, 0) is 30.3 Å². The molecule has 0 aromatic heterocycles. The van der Waals surface area contributed by atoms with Gasteiger partial charge in [0.15, 0.2) is 0 Å². The Hall–Kier alpha value is -2.12. The van der Waals surface area contributed by atoms with Gasteiger partial charge in [0, 0.05) is 6.07 Å². The van der Waals surface area contributed by atoms with E-state index in [1.807, 2.05) is 0 Å². The molecule has 2 aromatic rings. The van der Waals surface area contributed by atoms with E-state index in [1.54, 1.807) is 12.1 Å². The van der Waals surface area contributed by atoms with Gasteiger partial charge in [-0.1, -0.05) is 11.6 Å². The molecule has 0 bridgehead atoms. The van der Waals surface area contributed by atoms with Crippen molar-refractivity contribution in [3.8, 4) is 17.2 Å². The lowest BCUT2D eigenvalue weighted by molar-refractivity contribution is 0.405. The Labute approximate surface area is 140 Å². The molecule has 0 saturated heterocycles.